The quantitative estimate of drug-likeness (QED) is 0.433. The first kappa shape index (κ1) is 21.6. The maximum atomic E-state index is 14.5. The fourth-order valence-electron chi connectivity index (χ4n) is 4.40. The second kappa shape index (κ2) is 8.33. The van der Waals surface area contributed by atoms with Crippen molar-refractivity contribution in [3.63, 3.8) is 0 Å². The van der Waals surface area contributed by atoms with Gasteiger partial charge >= 0.3 is 0 Å². The Hall–Kier alpha value is -2.11. The molecule has 0 amide bonds. The summed E-state index contributed by atoms with van der Waals surface area (Å²) in [6.07, 6.45) is 2.20. The van der Waals surface area contributed by atoms with E-state index in [1.165, 1.54) is 5.56 Å². The van der Waals surface area contributed by atoms with Crippen LogP contribution < -0.4 is 15.9 Å². The molecule has 152 valence electrons. The SMILES string of the molecule is CCC(C)(CC(C)(C)C)c1ccc(P(=O)(c2ccccc2)c2ccccc2)cc1. The standard InChI is InChI=1S/C27H33OP/c1-6-27(5,21-26(2,3)4)22-17-19-25(20-18-22)29(28,23-13-9-7-10-14-23)24-15-11-8-12-16-24/h7-20H,6,21H2,1-5H3. The molecular formula is C27H33OP. The minimum atomic E-state index is -2.90. The molecule has 1 nitrogen and oxygen atoms in total. The van der Waals surface area contributed by atoms with Crippen molar-refractivity contribution in [1.82, 2.24) is 0 Å². The van der Waals surface area contributed by atoms with Crippen LogP contribution in [-0.4, -0.2) is 0 Å². The molecule has 0 aliphatic heterocycles. The van der Waals surface area contributed by atoms with Gasteiger partial charge in [0.2, 0.25) is 0 Å². The van der Waals surface area contributed by atoms with Crippen LogP contribution in [0.25, 0.3) is 0 Å². The summed E-state index contributed by atoms with van der Waals surface area (Å²) in [5.41, 5.74) is 1.69. The smallest absolute Gasteiger partial charge is 0.171 e. The van der Waals surface area contributed by atoms with Crippen molar-refractivity contribution in [2.24, 2.45) is 5.41 Å². The van der Waals surface area contributed by atoms with Crippen molar-refractivity contribution in [2.75, 3.05) is 0 Å². The highest BCUT2D eigenvalue weighted by Crippen LogP contribution is 2.44. The van der Waals surface area contributed by atoms with Crippen molar-refractivity contribution in [2.45, 2.75) is 52.9 Å². The Morgan fingerprint density at radius 1 is 0.655 bits per heavy atom. The average molecular weight is 405 g/mol. The average Bonchev–Trinajstić information content (AvgIpc) is 2.73. The van der Waals surface area contributed by atoms with Crippen LogP contribution in [-0.2, 0) is 9.98 Å². The lowest BCUT2D eigenvalue weighted by Gasteiger charge is -2.36. The summed E-state index contributed by atoms with van der Waals surface area (Å²) in [5, 5.41) is 2.66. The van der Waals surface area contributed by atoms with E-state index >= 15 is 0 Å². The van der Waals surface area contributed by atoms with Crippen molar-refractivity contribution >= 4 is 23.1 Å². The minimum absolute atomic E-state index is 0.111. The molecule has 0 aliphatic carbocycles. The highest BCUT2D eigenvalue weighted by atomic mass is 31.2. The molecule has 0 saturated carbocycles. The van der Waals surface area contributed by atoms with Gasteiger partial charge in [-0.05, 0) is 29.2 Å². The maximum absolute atomic E-state index is 14.5. The Kier molecular flexibility index (Phi) is 6.20. The molecule has 0 fully saturated rings. The number of rotatable bonds is 6. The van der Waals surface area contributed by atoms with Gasteiger partial charge in [-0.15, -0.1) is 0 Å². The molecule has 0 radical (unpaired) electrons. The van der Waals surface area contributed by atoms with Crippen LogP contribution >= 0.6 is 7.14 Å². The summed E-state index contributed by atoms with van der Waals surface area (Å²) in [7, 11) is -2.90. The Bertz CT molecular complexity index is 925. The molecule has 0 saturated heterocycles. The van der Waals surface area contributed by atoms with Gasteiger partial charge in [0, 0.05) is 15.9 Å². The monoisotopic (exact) mass is 404 g/mol. The van der Waals surface area contributed by atoms with E-state index < -0.39 is 7.14 Å². The molecule has 3 aromatic rings. The third kappa shape index (κ3) is 4.57. The summed E-state index contributed by atoms with van der Waals surface area (Å²) in [4.78, 5) is 0. The third-order valence-corrected chi connectivity index (χ3v) is 8.94. The Balaban J connectivity index is 2.09. The van der Waals surface area contributed by atoms with Gasteiger partial charge in [0.15, 0.2) is 7.14 Å². The normalized spacial score (nSPS) is 14.4. The summed E-state index contributed by atoms with van der Waals surface area (Å²) in [6.45, 7) is 11.5. The number of hydrogen-bond acceptors (Lipinski definition) is 1. The zero-order valence-corrected chi connectivity index (χ0v) is 19.2. The van der Waals surface area contributed by atoms with Crippen LogP contribution in [0, 0.1) is 5.41 Å². The second-order valence-corrected chi connectivity index (χ2v) is 12.2. The van der Waals surface area contributed by atoms with Crippen LogP contribution in [0.2, 0.25) is 0 Å². The summed E-state index contributed by atoms with van der Waals surface area (Å²) in [5.74, 6) is 0. The fraction of sp³-hybridized carbons (Fsp3) is 0.333. The molecule has 3 aromatic carbocycles. The van der Waals surface area contributed by atoms with Gasteiger partial charge in [-0.25, -0.2) is 0 Å². The van der Waals surface area contributed by atoms with Gasteiger partial charge in [-0.2, -0.15) is 0 Å². The largest absolute Gasteiger partial charge is 0.309 e. The molecule has 2 heteroatoms. The Morgan fingerprint density at radius 3 is 1.45 bits per heavy atom. The number of hydrogen-bond donors (Lipinski definition) is 0. The molecule has 0 aliphatic rings. The van der Waals surface area contributed by atoms with Gasteiger partial charge in [0.25, 0.3) is 0 Å². The summed E-state index contributed by atoms with van der Waals surface area (Å²) >= 11 is 0. The van der Waals surface area contributed by atoms with Crippen molar-refractivity contribution in [3.05, 3.63) is 90.5 Å². The molecule has 0 spiro atoms. The highest BCUT2D eigenvalue weighted by molar-refractivity contribution is 7.85. The van der Waals surface area contributed by atoms with Gasteiger partial charge in [0.1, 0.15) is 0 Å². The summed E-state index contributed by atoms with van der Waals surface area (Å²) < 4.78 is 14.5. The highest BCUT2D eigenvalue weighted by Gasteiger charge is 2.32. The zero-order chi connectivity index (χ0) is 21.1. The predicted octanol–water partition coefficient (Wildman–Crippen LogP) is 6.43. The van der Waals surface area contributed by atoms with Crippen molar-refractivity contribution in [1.29, 1.82) is 0 Å². The van der Waals surface area contributed by atoms with Gasteiger partial charge in [-0.1, -0.05) is 120 Å². The van der Waals surface area contributed by atoms with E-state index in [1.54, 1.807) is 0 Å². The van der Waals surface area contributed by atoms with Crippen LogP contribution in [0.15, 0.2) is 84.9 Å². The molecular weight excluding hydrogens is 371 g/mol. The zero-order valence-electron chi connectivity index (χ0n) is 18.4. The first-order chi connectivity index (χ1) is 13.7. The van der Waals surface area contributed by atoms with E-state index in [0.29, 0.717) is 0 Å². The van der Waals surface area contributed by atoms with E-state index in [1.807, 2.05) is 60.7 Å². The van der Waals surface area contributed by atoms with Gasteiger partial charge in [0.05, 0.1) is 0 Å². The van der Waals surface area contributed by atoms with E-state index in [-0.39, 0.29) is 10.8 Å². The van der Waals surface area contributed by atoms with E-state index in [2.05, 4.69) is 58.9 Å². The van der Waals surface area contributed by atoms with Gasteiger partial charge < -0.3 is 4.57 Å². The van der Waals surface area contributed by atoms with E-state index in [0.717, 1.165) is 28.8 Å². The van der Waals surface area contributed by atoms with Gasteiger partial charge in [-0.3, -0.25) is 0 Å². The minimum Gasteiger partial charge on any atom is -0.309 e. The third-order valence-electron chi connectivity index (χ3n) is 5.87. The maximum Gasteiger partial charge on any atom is 0.171 e. The lowest BCUT2D eigenvalue weighted by Crippen LogP contribution is -2.29. The van der Waals surface area contributed by atoms with Crippen LogP contribution in [0.5, 0.6) is 0 Å². The topological polar surface area (TPSA) is 17.1 Å². The molecule has 3 rings (SSSR count). The van der Waals surface area contributed by atoms with Crippen molar-refractivity contribution < 1.29 is 4.57 Å². The molecule has 0 bridgehead atoms. The lowest BCUT2D eigenvalue weighted by atomic mass is 9.69. The van der Waals surface area contributed by atoms with Crippen LogP contribution in [0.4, 0.5) is 0 Å². The molecule has 1 atom stereocenters. The summed E-state index contributed by atoms with van der Waals surface area (Å²) in [6, 6.07) is 28.3. The molecule has 1 unspecified atom stereocenters. The molecule has 0 N–H and O–H groups in total. The van der Waals surface area contributed by atoms with E-state index in [4.69, 9.17) is 0 Å². The Morgan fingerprint density at radius 2 is 1.07 bits per heavy atom. The predicted molar refractivity (Wildman–Crippen MR) is 128 cm³/mol. The van der Waals surface area contributed by atoms with E-state index in [9.17, 15) is 4.57 Å². The first-order valence-electron chi connectivity index (χ1n) is 10.5. The fourth-order valence-corrected chi connectivity index (χ4v) is 7.05. The first-order valence-corrected chi connectivity index (χ1v) is 12.2. The molecule has 0 aromatic heterocycles. The van der Waals surface area contributed by atoms with Crippen molar-refractivity contribution in [3.8, 4) is 0 Å². The van der Waals surface area contributed by atoms with Crippen LogP contribution in [0.1, 0.15) is 53.0 Å². The molecule has 29 heavy (non-hydrogen) atoms. The lowest BCUT2D eigenvalue weighted by molar-refractivity contribution is 0.261. The second-order valence-electron chi connectivity index (χ2n) is 9.48. The number of benzene rings is 3. The Labute approximate surface area is 176 Å². The van der Waals surface area contributed by atoms with Crippen LogP contribution in [0.3, 0.4) is 0 Å². The molecule has 0 heterocycles.